The van der Waals surface area contributed by atoms with Crippen LogP contribution in [-0.2, 0) is 23.2 Å². The van der Waals surface area contributed by atoms with Gasteiger partial charge in [0.1, 0.15) is 5.69 Å². The Morgan fingerprint density at radius 1 is 1.35 bits per heavy atom. The molecule has 0 bridgehead atoms. The molecule has 0 fully saturated rings. The average Bonchev–Trinajstić information content (AvgIpc) is 3.20. The summed E-state index contributed by atoms with van der Waals surface area (Å²) in [5.74, 6) is -0.0367. The van der Waals surface area contributed by atoms with Crippen LogP contribution in [0.2, 0.25) is 0 Å². The van der Waals surface area contributed by atoms with Gasteiger partial charge in [0.2, 0.25) is 5.91 Å². The van der Waals surface area contributed by atoms with E-state index in [1.54, 1.807) is 0 Å². The lowest BCUT2D eigenvalue weighted by Crippen LogP contribution is -2.33. The average molecular weight is 352 g/mol. The molecule has 3 aromatic rings. The first-order valence-electron chi connectivity index (χ1n) is 9.13. The van der Waals surface area contributed by atoms with E-state index in [0.29, 0.717) is 11.3 Å². The third-order valence-corrected chi connectivity index (χ3v) is 4.93. The molecule has 1 amide bonds. The predicted octanol–water partition coefficient (Wildman–Crippen LogP) is 3.52. The Balaban J connectivity index is 1.52. The van der Waals surface area contributed by atoms with E-state index in [-0.39, 0.29) is 23.9 Å². The van der Waals surface area contributed by atoms with Gasteiger partial charge in [0, 0.05) is 16.6 Å². The van der Waals surface area contributed by atoms with Crippen molar-refractivity contribution in [1.29, 1.82) is 0 Å². The van der Waals surface area contributed by atoms with Crippen molar-refractivity contribution in [3.05, 3.63) is 47.4 Å². The van der Waals surface area contributed by atoms with Gasteiger partial charge in [0.25, 0.3) is 0 Å². The van der Waals surface area contributed by atoms with Crippen LogP contribution in [0.5, 0.6) is 0 Å². The number of carbonyl (C=O) groups is 1. The van der Waals surface area contributed by atoms with Crippen LogP contribution >= 0.6 is 0 Å². The number of benzene rings is 1. The summed E-state index contributed by atoms with van der Waals surface area (Å²) < 4.78 is 7.38. The smallest absolute Gasteiger partial charge is 0.226 e. The summed E-state index contributed by atoms with van der Waals surface area (Å²) in [5, 5.41) is 12.7. The fraction of sp³-hybridized carbons (Fsp3) is 0.450. The normalized spacial score (nSPS) is 17.3. The molecule has 0 saturated heterocycles. The van der Waals surface area contributed by atoms with E-state index in [0.717, 1.165) is 30.2 Å². The Hall–Kier alpha value is -2.63. The Morgan fingerprint density at radius 2 is 2.15 bits per heavy atom. The summed E-state index contributed by atoms with van der Waals surface area (Å²) in [7, 11) is 0. The summed E-state index contributed by atoms with van der Waals surface area (Å²) in [6, 6.07) is 7.63. The van der Waals surface area contributed by atoms with Gasteiger partial charge in [-0.3, -0.25) is 9.48 Å². The maximum atomic E-state index is 12.6. The van der Waals surface area contributed by atoms with Crippen molar-refractivity contribution in [3.8, 4) is 0 Å². The van der Waals surface area contributed by atoms with Gasteiger partial charge in [-0.15, -0.1) is 0 Å². The molecule has 1 N–H and O–H groups in total. The van der Waals surface area contributed by atoms with Gasteiger partial charge >= 0.3 is 0 Å². The number of carbonyl (C=O) groups excluding carboxylic acids is 1. The molecule has 1 aliphatic carbocycles. The van der Waals surface area contributed by atoms with E-state index in [2.05, 4.69) is 41.0 Å². The molecule has 6 heteroatoms. The SMILES string of the molecule is CC(C)(C)n1ncc2c1CCC[C@H]2NC(=O)Cc1noc2ccccc12. The van der Waals surface area contributed by atoms with Crippen molar-refractivity contribution in [2.24, 2.45) is 0 Å². The highest BCUT2D eigenvalue weighted by molar-refractivity contribution is 5.86. The lowest BCUT2D eigenvalue weighted by atomic mass is 9.92. The first kappa shape index (κ1) is 16.8. The summed E-state index contributed by atoms with van der Waals surface area (Å²) in [4.78, 5) is 12.6. The van der Waals surface area contributed by atoms with Crippen LogP contribution in [-0.4, -0.2) is 20.8 Å². The van der Waals surface area contributed by atoms with Gasteiger partial charge in [-0.25, -0.2) is 0 Å². The highest BCUT2D eigenvalue weighted by Crippen LogP contribution is 2.32. The van der Waals surface area contributed by atoms with Crippen molar-refractivity contribution < 1.29 is 9.32 Å². The molecule has 26 heavy (non-hydrogen) atoms. The van der Waals surface area contributed by atoms with E-state index in [1.807, 2.05) is 30.5 Å². The van der Waals surface area contributed by atoms with Gasteiger partial charge in [-0.1, -0.05) is 17.3 Å². The zero-order chi connectivity index (χ0) is 18.3. The number of hydrogen-bond donors (Lipinski definition) is 1. The molecule has 0 unspecified atom stereocenters. The second-order valence-corrected chi connectivity index (χ2v) is 7.94. The molecular weight excluding hydrogens is 328 g/mol. The first-order chi connectivity index (χ1) is 12.4. The minimum Gasteiger partial charge on any atom is -0.356 e. The molecule has 0 saturated carbocycles. The summed E-state index contributed by atoms with van der Waals surface area (Å²) in [5.41, 5.74) is 3.71. The third kappa shape index (κ3) is 3.00. The fourth-order valence-electron chi connectivity index (χ4n) is 3.75. The highest BCUT2D eigenvalue weighted by Gasteiger charge is 2.29. The third-order valence-electron chi connectivity index (χ3n) is 4.93. The summed E-state index contributed by atoms with van der Waals surface area (Å²) in [6.45, 7) is 6.45. The van der Waals surface area contributed by atoms with Gasteiger partial charge in [-0.2, -0.15) is 5.10 Å². The van der Waals surface area contributed by atoms with Gasteiger partial charge in [-0.05, 0) is 52.2 Å². The molecule has 136 valence electrons. The first-order valence-corrected chi connectivity index (χ1v) is 9.13. The Morgan fingerprint density at radius 3 is 2.96 bits per heavy atom. The zero-order valence-electron chi connectivity index (χ0n) is 15.5. The van der Waals surface area contributed by atoms with Crippen LogP contribution < -0.4 is 5.32 Å². The van der Waals surface area contributed by atoms with Crippen molar-refractivity contribution in [2.75, 3.05) is 0 Å². The molecule has 0 radical (unpaired) electrons. The molecule has 2 heterocycles. The van der Waals surface area contributed by atoms with Crippen molar-refractivity contribution in [2.45, 2.75) is 58.0 Å². The molecule has 6 nitrogen and oxygen atoms in total. The fourth-order valence-corrected chi connectivity index (χ4v) is 3.75. The largest absolute Gasteiger partial charge is 0.356 e. The second kappa shape index (κ2) is 6.27. The van der Waals surface area contributed by atoms with Crippen LogP contribution in [0.3, 0.4) is 0 Å². The quantitative estimate of drug-likeness (QED) is 0.783. The van der Waals surface area contributed by atoms with E-state index in [4.69, 9.17) is 4.52 Å². The number of nitrogens with zero attached hydrogens (tertiary/aromatic N) is 3. The number of para-hydroxylation sites is 1. The minimum absolute atomic E-state index is 0.0144. The monoisotopic (exact) mass is 352 g/mol. The Kier molecular flexibility index (Phi) is 4.05. The molecule has 1 aliphatic rings. The standard InChI is InChI=1S/C20H24N4O2/c1-20(2,3)24-17-9-6-8-15(14(17)12-21-24)22-19(25)11-16-13-7-4-5-10-18(13)26-23-16/h4-5,7,10,12,15H,6,8-9,11H2,1-3H3,(H,22,25)/t15-/m1/s1. The van der Waals surface area contributed by atoms with E-state index in [1.165, 1.54) is 5.69 Å². The molecular formula is C20H24N4O2. The van der Waals surface area contributed by atoms with Crippen molar-refractivity contribution >= 4 is 16.9 Å². The molecule has 1 atom stereocenters. The van der Waals surface area contributed by atoms with E-state index < -0.39 is 0 Å². The molecule has 4 rings (SSSR count). The lowest BCUT2D eigenvalue weighted by Gasteiger charge is -2.28. The second-order valence-electron chi connectivity index (χ2n) is 7.94. The molecule has 0 spiro atoms. The molecule has 1 aromatic carbocycles. The summed E-state index contributed by atoms with van der Waals surface area (Å²) in [6.07, 6.45) is 5.13. The molecule has 2 aromatic heterocycles. The number of rotatable bonds is 3. The Bertz CT molecular complexity index is 948. The lowest BCUT2D eigenvalue weighted by molar-refractivity contribution is -0.121. The minimum atomic E-state index is -0.0564. The molecule has 0 aliphatic heterocycles. The van der Waals surface area contributed by atoms with Crippen molar-refractivity contribution in [1.82, 2.24) is 20.3 Å². The zero-order valence-corrected chi connectivity index (χ0v) is 15.5. The predicted molar refractivity (Wildman–Crippen MR) is 98.8 cm³/mol. The van der Waals surface area contributed by atoms with Crippen molar-refractivity contribution in [3.63, 3.8) is 0 Å². The van der Waals surface area contributed by atoms with Crippen LogP contribution in [0, 0.1) is 0 Å². The maximum absolute atomic E-state index is 12.6. The maximum Gasteiger partial charge on any atom is 0.226 e. The number of hydrogen-bond acceptors (Lipinski definition) is 4. The highest BCUT2D eigenvalue weighted by atomic mass is 16.5. The number of aromatic nitrogens is 3. The summed E-state index contributed by atoms with van der Waals surface area (Å²) >= 11 is 0. The van der Waals surface area contributed by atoms with Gasteiger partial charge in [0.05, 0.1) is 24.2 Å². The van der Waals surface area contributed by atoms with Crippen LogP contribution in [0.15, 0.2) is 35.0 Å². The van der Waals surface area contributed by atoms with Crippen LogP contribution in [0.25, 0.3) is 11.0 Å². The number of amides is 1. The topological polar surface area (TPSA) is 73.0 Å². The Labute approximate surface area is 152 Å². The van der Waals surface area contributed by atoms with Crippen LogP contribution in [0.1, 0.15) is 56.6 Å². The van der Waals surface area contributed by atoms with Gasteiger partial charge < -0.3 is 9.84 Å². The van der Waals surface area contributed by atoms with Crippen LogP contribution in [0.4, 0.5) is 0 Å². The van der Waals surface area contributed by atoms with E-state index in [9.17, 15) is 4.79 Å². The number of fused-ring (bicyclic) bond motifs is 2. The van der Waals surface area contributed by atoms with Gasteiger partial charge in [0.15, 0.2) is 5.58 Å². The van der Waals surface area contributed by atoms with E-state index >= 15 is 0 Å². The number of nitrogens with one attached hydrogen (secondary N) is 1.